The second-order valence-corrected chi connectivity index (χ2v) is 9.01. The molecule has 0 radical (unpaired) electrons. The van der Waals surface area contributed by atoms with Gasteiger partial charge in [-0.3, -0.25) is 14.9 Å². The van der Waals surface area contributed by atoms with Crippen LogP contribution in [0.25, 0.3) is 0 Å². The summed E-state index contributed by atoms with van der Waals surface area (Å²) in [4.78, 5) is 22.6. The largest absolute Gasteiger partial charge is 0.497 e. The van der Waals surface area contributed by atoms with Crippen LogP contribution in [-0.4, -0.2) is 49.5 Å². The predicted molar refractivity (Wildman–Crippen MR) is 111 cm³/mol. The first-order valence-electron chi connectivity index (χ1n) is 9.47. The number of methoxy groups -OCH3 is 1. The average Bonchev–Trinajstić information content (AvgIpc) is 2.75. The standard InChI is InChI=1S/C20H23N3O6S/c1-29-17-8-7-16-14-22(11-9-15(16)13-17)30(27,28)12-4-10-21-20(24)18-5-2-3-6-19(18)23(25)26/h2-3,5-8,13H,4,9-12,14H2,1H3,(H,21,24). The number of fused-ring (bicyclic) bond motifs is 1. The number of nitro benzene ring substituents is 1. The van der Waals surface area contributed by atoms with E-state index in [2.05, 4.69) is 5.32 Å². The summed E-state index contributed by atoms with van der Waals surface area (Å²) in [5, 5.41) is 13.6. The minimum atomic E-state index is -3.48. The molecule has 1 aliphatic heterocycles. The fourth-order valence-corrected chi connectivity index (χ4v) is 4.85. The van der Waals surface area contributed by atoms with Gasteiger partial charge in [-0.2, -0.15) is 4.31 Å². The van der Waals surface area contributed by atoms with Crippen LogP contribution in [0.4, 0.5) is 5.69 Å². The normalized spacial score (nSPS) is 14.0. The maximum atomic E-state index is 12.7. The van der Waals surface area contributed by atoms with Crippen molar-refractivity contribution in [3.63, 3.8) is 0 Å². The van der Waals surface area contributed by atoms with E-state index in [4.69, 9.17) is 4.74 Å². The lowest BCUT2D eigenvalue weighted by Crippen LogP contribution is -2.38. The van der Waals surface area contributed by atoms with Gasteiger partial charge in [0.15, 0.2) is 0 Å². The van der Waals surface area contributed by atoms with E-state index in [1.54, 1.807) is 7.11 Å². The highest BCUT2D eigenvalue weighted by molar-refractivity contribution is 7.89. The zero-order valence-corrected chi connectivity index (χ0v) is 17.4. The number of amides is 1. The Bertz CT molecular complexity index is 1050. The molecule has 0 fully saturated rings. The van der Waals surface area contributed by atoms with Crippen molar-refractivity contribution in [2.75, 3.05) is 26.0 Å². The fourth-order valence-electron chi connectivity index (χ4n) is 3.37. The van der Waals surface area contributed by atoms with Gasteiger partial charge in [0, 0.05) is 25.7 Å². The highest BCUT2D eigenvalue weighted by atomic mass is 32.2. The van der Waals surface area contributed by atoms with E-state index in [-0.39, 0.29) is 30.0 Å². The van der Waals surface area contributed by atoms with Crippen LogP contribution < -0.4 is 10.1 Å². The monoisotopic (exact) mass is 433 g/mol. The van der Waals surface area contributed by atoms with Gasteiger partial charge in [0.1, 0.15) is 11.3 Å². The molecule has 0 spiro atoms. The molecule has 0 saturated carbocycles. The number of hydrogen-bond donors (Lipinski definition) is 1. The van der Waals surface area contributed by atoms with Crippen molar-refractivity contribution in [2.45, 2.75) is 19.4 Å². The topological polar surface area (TPSA) is 119 Å². The third kappa shape index (κ3) is 4.95. The number of ether oxygens (including phenoxy) is 1. The summed E-state index contributed by atoms with van der Waals surface area (Å²) in [5.41, 5.74) is 1.70. The summed E-state index contributed by atoms with van der Waals surface area (Å²) in [6, 6.07) is 11.3. The van der Waals surface area contributed by atoms with E-state index in [1.165, 1.54) is 28.6 Å². The Balaban J connectivity index is 1.53. The molecular weight excluding hydrogens is 410 g/mol. The van der Waals surface area contributed by atoms with Crippen LogP contribution in [0.5, 0.6) is 5.75 Å². The zero-order valence-electron chi connectivity index (χ0n) is 16.5. The van der Waals surface area contributed by atoms with Gasteiger partial charge in [0.2, 0.25) is 10.0 Å². The number of hydrogen-bond acceptors (Lipinski definition) is 6. The van der Waals surface area contributed by atoms with Crippen molar-refractivity contribution in [3.8, 4) is 5.75 Å². The molecule has 3 rings (SSSR count). The molecule has 9 nitrogen and oxygen atoms in total. The van der Waals surface area contributed by atoms with Crippen LogP contribution in [0.1, 0.15) is 27.9 Å². The fraction of sp³-hybridized carbons (Fsp3) is 0.350. The van der Waals surface area contributed by atoms with E-state index in [1.807, 2.05) is 18.2 Å². The number of nitro groups is 1. The maximum absolute atomic E-state index is 12.7. The van der Waals surface area contributed by atoms with Gasteiger partial charge in [0.05, 0.1) is 17.8 Å². The molecule has 160 valence electrons. The van der Waals surface area contributed by atoms with E-state index >= 15 is 0 Å². The number of sulfonamides is 1. The van der Waals surface area contributed by atoms with Crippen LogP contribution in [-0.2, 0) is 23.0 Å². The van der Waals surface area contributed by atoms with Crippen molar-refractivity contribution in [1.82, 2.24) is 9.62 Å². The number of nitrogens with zero attached hydrogens (tertiary/aromatic N) is 2. The Morgan fingerprint density at radius 2 is 2.00 bits per heavy atom. The quantitative estimate of drug-likeness (QED) is 0.387. The highest BCUT2D eigenvalue weighted by Crippen LogP contribution is 2.25. The predicted octanol–water partition coefficient (Wildman–Crippen LogP) is 2.11. The summed E-state index contributed by atoms with van der Waals surface area (Å²) >= 11 is 0. The molecule has 0 unspecified atom stereocenters. The number of para-hydroxylation sites is 1. The summed E-state index contributed by atoms with van der Waals surface area (Å²) < 4.78 is 32.0. The molecule has 30 heavy (non-hydrogen) atoms. The molecule has 1 N–H and O–H groups in total. The number of benzene rings is 2. The molecule has 0 atom stereocenters. The maximum Gasteiger partial charge on any atom is 0.282 e. The second-order valence-electron chi connectivity index (χ2n) is 6.92. The summed E-state index contributed by atoms with van der Waals surface area (Å²) in [6.45, 7) is 0.807. The van der Waals surface area contributed by atoms with E-state index in [0.717, 1.165) is 16.9 Å². The van der Waals surface area contributed by atoms with Gasteiger partial charge in [-0.05, 0) is 42.2 Å². The van der Waals surface area contributed by atoms with E-state index in [9.17, 15) is 23.3 Å². The van der Waals surface area contributed by atoms with E-state index in [0.29, 0.717) is 19.5 Å². The third-order valence-corrected chi connectivity index (χ3v) is 6.90. The van der Waals surface area contributed by atoms with Gasteiger partial charge in [0.25, 0.3) is 11.6 Å². The Morgan fingerprint density at radius 1 is 1.23 bits per heavy atom. The number of carbonyl (C=O) groups excluding carboxylic acids is 1. The van der Waals surface area contributed by atoms with Crippen LogP contribution in [0.15, 0.2) is 42.5 Å². The van der Waals surface area contributed by atoms with Crippen molar-refractivity contribution in [1.29, 1.82) is 0 Å². The molecule has 1 amide bonds. The highest BCUT2D eigenvalue weighted by Gasteiger charge is 2.26. The SMILES string of the molecule is COc1ccc2c(c1)CCN(S(=O)(=O)CCCNC(=O)c1ccccc1[N+](=O)[O-])C2. The molecule has 0 aromatic heterocycles. The Morgan fingerprint density at radius 3 is 2.73 bits per heavy atom. The van der Waals surface area contributed by atoms with Crippen LogP contribution in [0.2, 0.25) is 0 Å². The first-order chi connectivity index (χ1) is 14.3. The molecule has 1 aliphatic rings. The number of rotatable bonds is 8. The summed E-state index contributed by atoms with van der Waals surface area (Å²) in [5.74, 6) is 0.0373. The van der Waals surface area contributed by atoms with Crippen molar-refractivity contribution >= 4 is 21.6 Å². The zero-order chi connectivity index (χ0) is 21.7. The molecule has 2 aromatic rings. The third-order valence-electron chi connectivity index (χ3n) is 4.99. The van der Waals surface area contributed by atoms with Gasteiger partial charge in [-0.25, -0.2) is 8.42 Å². The second kappa shape index (κ2) is 9.23. The lowest BCUT2D eigenvalue weighted by molar-refractivity contribution is -0.385. The lowest BCUT2D eigenvalue weighted by atomic mass is 10.0. The van der Waals surface area contributed by atoms with Crippen LogP contribution in [0.3, 0.4) is 0 Å². The molecule has 1 heterocycles. The van der Waals surface area contributed by atoms with Crippen molar-refractivity contribution in [3.05, 3.63) is 69.3 Å². The Kier molecular flexibility index (Phi) is 6.68. The minimum Gasteiger partial charge on any atom is -0.497 e. The van der Waals surface area contributed by atoms with E-state index < -0.39 is 20.9 Å². The summed E-state index contributed by atoms with van der Waals surface area (Å²) in [7, 11) is -1.89. The van der Waals surface area contributed by atoms with Gasteiger partial charge < -0.3 is 10.1 Å². The lowest BCUT2D eigenvalue weighted by Gasteiger charge is -2.28. The van der Waals surface area contributed by atoms with Crippen molar-refractivity contribution in [2.24, 2.45) is 0 Å². The van der Waals surface area contributed by atoms with Crippen molar-refractivity contribution < 1.29 is 22.9 Å². The van der Waals surface area contributed by atoms with Crippen LogP contribution in [0, 0.1) is 10.1 Å². The Hall–Kier alpha value is -2.98. The molecule has 2 aromatic carbocycles. The Labute approximate surface area is 174 Å². The molecule has 0 bridgehead atoms. The van der Waals surface area contributed by atoms with Gasteiger partial charge >= 0.3 is 0 Å². The molecule has 10 heteroatoms. The van der Waals surface area contributed by atoms with Gasteiger partial charge in [-0.15, -0.1) is 0 Å². The molecular formula is C20H23N3O6S. The van der Waals surface area contributed by atoms with Crippen LogP contribution >= 0.6 is 0 Å². The molecule has 0 aliphatic carbocycles. The smallest absolute Gasteiger partial charge is 0.282 e. The first-order valence-corrected chi connectivity index (χ1v) is 11.1. The number of nitrogens with one attached hydrogen (secondary N) is 1. The first kappa shape index (κ1) is 21.7. The average molecular weight is 433 g/mol. The minimum absolute atomic E-state index is 0.0478. The van der Waals surface area contributed by atoms with Gasteiger partial charge in [-0.1, -0.05) is 18.2 Å². The molecule has 0 saturated heterocycles. The summed E-state index contributed by atoms with van der Waals surface area (Å²) in [6.07, 6.45) is 0.820. The number of carbonyl (C=O) groups is 1.